The van der Waals surface area contributed by atoms with Crippen molar-refractivity contribution < 1.29 is 4.79 Å². The van der Waals surface area contributed by atoms with Crippen LogP contribution in [0.15, 0.2) is 11.4 Å². The van der Waals surface area contributed by atoms with E-state index in [2.05, 4.69) is 12.3 Å². The monoisotopic (exact) mass is 248 g/mol. The van der Waals surface area contributed by atoms with E-state index in [-0.39, 0.29) is 0 Å². The van der Waals surface area contributed by atoms with E-state index in [0.29, 0.717) is 15.0 Å². The zero-order valence-corrected chi connectivity index (χ0v) is 9.61. The fourth-order valence-electron chi connectivity index (χ4n) is 0.806. The second-order valence-electron chi connectivity index (χ2n) is 2.50. The van der Waals surface area contributed by atoms with E-state index in [4.69, 9.17) is 0 Å². The van der Waals surface area contributed by atoms with Gasteiger partial charge in [0.25, 0.3) is 0 Å². The molecule has 1 rings (SSSR count). The summed E-state index contributed by atoms with van der Waals surface area (Å²) >= 11 is 2.15. The summed E-state index contributed by atoms with van der Waals surface area (Å²) in [4.78, 5) is 11.2. The van der Waals surface area contributed by atoms with Gasteiger partial charge < -0.3 is 0 Å². The van der Waals surface area contributed by atoms with Gasteiger partial charge in [0.15, 0.2) is 0 Å². The molecule has 0 fully saturated rings. The van der Waals surface area contributed by atoms with Crippen molar-refractivity contribution in [3.63, 3.8) is 0 Å². The average Bonchev–Trinajstić information content (AvgIpc) is 2.53. The van der Waals surface area contributed by atoms with Crippen molar-refractivity contribution in [2.24, 2.45) is 0 Å². The first-order chi connectivity index (χ1) is 5.86. The number of carbonyl (C=O) groups is 1. The number of carbonyl (C=O) groups excluding carboxylic acids is 1. The van der Waals surface area contributed by atoms with Crippen molar-refractivity contribution in [1.82, 2.24) is 0 Å². The summed E-state index contributed by atoms with van der Waals surface area (Å²) in [5.74, 6) is 0. The molecule has 1 nitrogen and oxygen atoms in total. The Bertz CT molecular complexity index is 244. The van der Waals surface area contributed by atoms with Gasteiger partial charge in [0.1, 0.15) is 0 Å². The van der Waals surface area contributed by atoms with Crippen LogP contribution in [0.5, 0.6) is 0 Å². The predicted octanol–water partition coefficient (Wildman–Crippen LogP) is 2.11. The van der Waals surface area contributed by atoms with Gasteiger partial charge in [-0.1, -0.05) is 0 Å². The van der Waals surface area contributed by atoms with Gasteiger partial charge in [0.2, 0.25) is 0 Å². The summed E-state index contributed by atoms with van der Waals surface area (Å²) in [6.45, 7) is 2.21. The van der Waals surface area contributed by atoms with E-state index in [1.807, 2.05) is 6.07 Å². The van der Waals surface area contributed by atoms with Gasteiger partial charge in [-0.2, -0.15) is 0 Å². The first-order valence-electron chi connectivity index (χ1n) is 4.03. The summed E-state index contributed by atoms with van der Waals surface area (Å²) in [5.41, 5.74) is 0. The Kier molecular flexibility index (Phi) is 4.59. The Hall–Kier alpha value is -0.111. The van der Waals surface area contributed by atoms with E-state index in [9.17, 15) is 4.79 Å². The van der Waals surface area contributed by atoms with Crippen LogP contribution in [0.25, 0.3) is 0 Å². The van der Waals surface area contributed by atoms with Crippen LogP contribution >= 0.6 is 11.3 Å². The molecule has 0 spiro atoms. The molecule has 0 aliphatic heterocycles. The van der Waals surface area contributed by atoms with E-state index >= 15 is 0 Å². The third-order valence-corrected chi connectivity index (χ3v) is 4.90. The molecule has 0 N–H and O–H groups in total. The van der Waals surface area contributed by atoms with Gasteiger partial charge in [0.05, 0.1) is 0 Å². The van der Waals surface area contributed by atoms with Gasteiger partial charge in [-0.3, -0.25) is 0 Å². The molecule has 12 heavy (non-hydrogen) atoms. The molecule has 3 heteroatoms. The Labute approximate surface area is 83.3 Å². The van der Waals surface area contributed by atoms with Crippen LogP contribution in [0.2, 0.25) is 5.32 Å². The number of rotatable bonds is 5. The second kappa shape index (κ2) is 5.52. The molecule has 0 radical (unpaired) electrons. The number of aldehydes is 1. The topological polar surface area (TPSA) is 17.1 Å². The SMILES string of the molecule is CCCC[Se]c1csc(C=O)c1. The van der Waals surface area contributed by atoms with Gasteiger partial charge >= 0.3 is 83.2 Å². The van der Waals surface area contributed by atoms with Crippen molar-refractivity contribution >= 4 is 37.0 Å². The van der Waals surface area contributed by atoms with Crippen molar-refractivity contribution in [1.29, 1.82) is 0 Å². The first-order valence-corrected chi connectivity index (χ1v) is 6.98. The minimum absolute atomic E-state index is 0.591. The number of thiophene rings is 1. The third kappa shape index (κ3) is 3.10. The van der Waals surface area contributed by atoms with Gasteiger partial charge in [0, 0.05) is 0 Å². The minimum atomic E-state index is 0.591. The Morgan fingerprint density at radius 2 is 2.50 bits per heavy atom. The maximum absolute atomic E-state index is 10.4. The molecule has 0 aliphatic carbocycles. The molecular weight excluding hydrogens is 235 g/mol. The number of hydrogen-bond acceptors (Lipinski definition) is 2. The molecule has 0 amide bonds. The van der Waals surface area contributed by atoms with E-state index in [1.165, 1.54) is 22.6 Å². The molecule has 0 bridgehead atoms. The summed E-state index contributed by atoms with van der Waals surface area (Å²) in [7, 11) is 0. The zero-order valence-electron chi connectivity index (χ0n) is 7.08. The first kappa shape index (κ1) is 9.97. The van der Waals surface area contributed by atoms with Crippen molar-refractivity contribution in [3.05, 3.63) is 16.3 Å². The maximum atomic E-state index is 10.4. The van der Waals surface area contributed by atoms with Crippen molar-refractivity contribution in [3.8, 4) is 0 Å². The zero-order chi connectivity index (χ0) is 8.81. The molecule has 0 aromatic carbocycles. The summed E-state index contributed by atoms with van der Waals surface area (Å²) in [5, 5.41) is 3.41. The quantitative estimate of drug-likeness (QED) is 0.442. The molecule has 0 atom stereocenters. The summed E-state index contributed by atoms with van der Waals surface area (Å²) in [6.07, 6.45) is 3.52. The fraction of sp³-hybridized carbons (Fsp3) is 0.444. The summed E-state index contributed by atoms with van der Waals surface area (Å²) < 4.78 is 1.38. The fourth-order valence-corrected chi connectivity index (χ4v) is 4.19. The molecule has 1 heterocycles. The number of hydrogen-bond donors (Lipinski definition) is 0. The van der Waals surface area contributed by atoms with E-state index < -0.39 is 0 Å². The van der Waals surface area contributed by atoms with Crippen LogP contribution in [0.4, 0.5) is 0 Å². The van der Waals surface area contributed by atoms with Crippen LogP contribution in [0.3, 0.4) is 0 Å². The molecule has 66 valence electrons. The van der Waals surface area contributed by atoms with Gasteiger partial charge in [-0.05, 0) is 0 Å². The second-order valence-corrected chi connectivity index (χ2v) is 5.90. The average molecular weight is 247 g/mol. The van der Waals surface area contributed by atoms with Crippen LogP contribution in [0.1, 0.15) is 29.4 Å². The van der Waals surface area contributed by atoms with Crippen LogP contribution in [-0.2, 0) is 0 Å². The van der Waals surface area contributed by atoms with Crippen LogP contribution < -0.4 is 4.46 Å². The normalized spacial score (nSPS) is 10.1. The van der Waals surface area contributed by atoms with E-state index in [1.54, 1.807) is 11.3 Å². The molecule has 0 aliphatic rings. The Morgan fingerprint density at radius 3 is 3.08 bits per heavy atom. The van der Waals surface area contributed by atoms with Crippen molar-refractivity contribution in [2.75, 3.05) is 0 Å². The molecule has 0 unspecified atom stereocenters. The Morgan fingerprint density at radius 1 is 1.67 bits per heavy atom. The molecule has 0 saturated heterocycles. The summed E-state index contributed by atoms with van der Waals surface area (Å²) in [6, 6.07) is 2.02. The standard InChI is InChI=1S/C9H12OSSe/c1-2-3-4-12-9-5-8(6-10)11-7-9/h5-7H,2-4H2,1H3. The molecular formula is C9H12OSSe. The van der Waals surface area contributed by atoms with Crippen LogP contribution in [-0.4, -0.2) is 21.2 Å². The van der Waals surface area contributed by atoms with Gasteiger partial charge in [-0.25, -0.2) is 0 Å². The predicted molar refractivity (Wildman–Crippen MR) is 54.8 cm³/mol. The number of unbranched alkanes of at least 4 members (excludes halogenated alkanes) is 1. The van der Waals surface area contributed by atoms with Crippen molar-refractivity contribution in [2.45, 2.75) is 25.1 Å². The molecule has 1 aromatic rings. The van der Waals surface area contributed by atoms with E-state index in [0.717, 1.165) is 11.2 Å². The van der Waals surface area contributed by atoms with Crippen LogP contribution in [0, 0.1) is 0 Å². The van der Waals surface area contributed by atoms with Gasteiger partial charge in [-0.15, -0.1) is 0 Å². The third-order valence-electron chi connectivity index (χ3n) is 1.48. The molecule has 0 saturated carbocycles. The molecule has 1 aromatic heterocycles. The Balaban J connectivity index is 2.36.